The summed E-state index contributed by atoms with van der Waals surface area (Å²) in [7, 11) is 0. The molecule has 0 aliphatic heterocycles. The molecule has 6 heteroatoms. The van der Waals surface area contributed by atoms with Gasteiger partial charge >= 0.3 is 445 Å². The standard InChI is InChI=1S/2C15H25Si.4C9H7.2ClH.2Hf/c2*1-2-3-4-5-6-7-11-14-16-15-12-9-8-10-13-15;4*1-2-5-9-7-3-6-8(9)4-1;;;;/h2*8-10,12-13,16H,2-7,11,14H2,1H3;4*1-7H;2*1H;;/q;;;;;;;;2*+1/p-2. The van der Waals surface area contributed by atoms with Gasteiger partial charge in [0.15, 0.2) is 0 Å². The molecule has 6 aromatic carbocycles. The van der Waals surface area contributed by atoms with Crippen molar-refractivity contribution in [3.8, 4) is 0 Å². The molecule has 10 rings (SSSR count). The summed E-state index contributed by atoms with van der Waals surface area (Å²) >= 11 is -4.55. The van der Waals surface area contributed by atoms with Gasteiger partial charge in [0.2, 0.25) is 0 Å². The summed E-state index contributed by atoms with van der Waals surface area (Å²) < 4.78 is 2.88. The van der Waals surface area contributed by atoms with Gasteiger partial charge < -0.3 is 24.8 Å². The van der Waals surface area contributed by atoms with Crippen molar-refractivity contribution in [2.45, 2.75) is 131 Å². The van der Waals surface area contributed by atoms with E-state index in [1.807, 2.05) is 0 Å². The molecule has 6 unspecified atom stereocenters. The number of benzene rings is 6. The summed E-state index contributed by atoms with van der Waals surface area (Å²) in [6.45, 7) is 4.63. The van der Waals surface area contributed by atoms with E-state index >= 15 is 0 Å². The fourth-order valence-corrected chi connectivity index (χ4v) is 87.6. The van der Waals surface area contributed by atoms with Crippen molar-refractivity contribution in [3.63, 3.8) is 0 Å². The maximum absolute atomic E-state index is 2.63. The van der Waals surface area contributed by atoms with Crippen molar-refractivity contribution in [2.75, 3.05) is 0 Å². The van der Waals surface area contributed by atoms with E-state index in [9.17, 15) is 0 Å². The zero-order valence-corrected chi connectivity index (χ0v) is 54.2. The Morgan fingerprint density at radius 1 is 0.306 bits per heavy atom. The molecule has 6 aromatic rings. The maximum atomic E-state index is 2.63. The van der Waals surface area contributed by atoms with Crippen molar-refractivity contribution in [2.24, 2.45) is 0 Å². The largest absolute Gasteiger partial charge is 1.00 e. The summed E-state index contributed by atoms with van der Waals surface area (Å²) in [6, 6.07) is 63.7. The van der Waals surface area contributed by atoms with Gasteiger partial charge in [-0.25, -0.2) is 0 Å². The van der Waals surface area contributed by atoms with Crippen molar-refractivity contribution in [3.05, 3.63) is 227 Å². The van der Waals surface area contributed by atoms with Crippen LogP contribution in [0.15, 0.2) is 182 Å². The Kier molecular flexibility index (Phi) is 23.6. The molecular weight excluding hydrogens is 1280 g/mol. The van der Waals surface area contributed by atoms with E-state index in [1.165, 1.54) is 124 Å². The van der Waals surface area contributed by atoms with Crippen LogP contribution in [0.5, 0.6) is 0 Å². The van der Waals surface area contributed by atoms with E-state index < -0.39 is 53.2 Å². The van der Waals surface area contributed by atoms with Crippen LogP contribution in [0.1, 0.15) is 163 Å². The Morgan fingerprint density at radius 3 is 0.847 bits per heavy atom. The number of rotatable bonds is 24. The minimum Gasteiger partial charge on any atom is -1.00 e. The molecule has 0 N–H and O–H groups in total. The molecule has 372 valence electrons. The molecule has 0 bridgehead atoms. The Morgan fingerprint density at radius 2 is 0.556 bits per heavy atom. The van der Waals surface area contributed by atoms with Gasteiger partial charge in [-0.3, -0.25) is 0 Å². The van der Waals surface area contributed by atoms with Crippen LogP contribution in [0, 0.1) is 0 Å². The third-order valence-corrected chi connectivity index (χ3v) is 82.1. The summed E-state index contributed by atoms with van der Waals surface area (Å²) in [5.41, 5.74) is 12.5. The molecule has 72 heavy (non-hydrogen) atoms. The third kappa shape index (κ3) is 14.3. The van der Waals surface area contributed by atoms with Crippen LogP contribution < -0.4 is 35.2 Å². The SMILES string of the molecule is CCCCCCCCC[SiH](c1ccccc1)[Hf+]([CH]1C=Cc2ccccc21)[CH]1C=Cc2ccccc21.CCCCCCCCC[SiH](c1ccccc1)[Hf+]([CH]1C=Cc2ccccc21)[CH]1C=Cc2ccccc21.[Cl-].[Cl-]. The van der Waals surface area contributed by atoms with E-state index in [1.54, 1.807) is 32.6 Å². The van der Waals surface area contributed by atoms with Gasteiger partial charge in [-0.15, -0.1) is 0 Å². The zero-order valence-electron chi connectivity index (χ0n) is 43.2. The van der Waals surface area contributed by atoms with Crippen LogP contribution in [-0.2, 0) is 41.2 Å². The molecule has 0 fully saturated rings. The summed E-state index contributed by atoms with van der Waals surface area (Å²) in [4.78, 5) is 0. The fraction of sp³-hybridized carbons (Fsp3) is 0.333. The molecule has 0 spiro atoms. The molecule has 0 saturated carbocycles. The Labute approximate surface area is 465 Å². The molecule has 0 aromatic heterocycles. The molecule has 4 aliphatic rings. The van der Waals surface area contributed by atoms with Crippen molar-refractivity contribution in [1.82, 2.24) is 0 Å². The molecule has 0 saturated heterocycles. The molecule has 4 aliphatic carbocycles. The van der Waals surface area contributed by atoms with Crippen LogP contribution in [-0.4, -0.2) is 12.0 Å². The Balaban J connectivity index is 0.000000206. The summed E-state index contributed by atoms with van der Waals surface area (Å²) in [5.74, 6) is -2.17. The van der Waals surface area contributed by atoms with E-state index in [4.69, 9.17) is 0 Å². The van der Waals surface area contributed by atoms with Gasteiger partial charge in [0.25, 0.3) is 0 Å². The van der Waals surface area contributed by atoms with Gasteiger partial charge in [0.1, 0.15) is 0 Å². The van der Waals surface area contributed by atoms with E-state index in [-0.39, 0.29) is 24.8 Å². The molecule has 0 radical (unpaired) electrons. The number of unbranched alkanes of at least 4 members (excludes halogenated alkanes) is 12. The van der Waals surface area contributed by atoms with Crippen LogP contribution in [0.2, 0.25) is 12.1 Å². The predicted molar refractivity (Wildman–Crippen MR) is 305 cm³/mol. The first-order valence-electron chi connectivity index (χ1n) is 27.6. The first-order valence-corrected chi connectivity index (χ1v) is 52.3. The minimum absolute atomic E-state index is 0. The molecule has 0 amide bonds. The number of fused-ring (bicyclic) bond motifs is 4. The average molecular weight is 1360 g/mol. The van der Waals surface area contributed by atoms with Crippen LogP contribution >= 0.6 is 0 Å². The van der Waals surface area contributed by atoms with Gasteiger partial charge in [0.05, 0.1) is 0 Å². The Hall–Kier alpha value is -2.97. The Bertz CT molecular complexity index is 2370. The van der Waals surface area contributed by atoms with Gasteiger partial charge in [-0.1, -0.05) is 0 Å². The molecule has 0 nitrogen and oxygen atoms in total. The summed E-state index contributed by atoms with van der Waals surface area (Å²) in [5, 5.41) is 3.49. The van der Waals surface area contributed by atoms with Crippen molar-refractivity contribution in [1.29, 1.82) is 0 Å². The fourth-order valence-electron chi connectivity index (χ4n) is 12.4. The molecule has 0 heterocycles. The zero-order chi connectivity index (χ0) is 47.7. The van der Waals surface area contributed by atoms with E-state index in [0.717, 1.165) is 14.7 Å². The first-order chi connectivity index (χ1) is 34.7. The second-order valence-corrected chi connectivity index (χ2v) is 67.4. The normalized spacial score (nSPS) is 17.9. The number of allylic oxidation sites excluding steroid dienone is 4. The third-order valence-electron chi connectivity index (χ3n) is 16.0. The molecule has 6 atom stereocenters. The van der Waals surface area contributed by atoms with Gasteiger partial charge in [0, 0.05) is 0 Å². The quantitative estimate of drug-likeness (QED) is 0.0419. The summed E-state index contributed by atoms with van der Waals surface area (Å²) in [6.07, 6.45) is 40.1. The van der Waals surface area contributed by atoms with E-state index in [0.29, 0.717) is 0 Å². The number of hydrogen-bond donors (Lipinski definition) is 0. The number of halogens is 2. The topological polar surface area (TPSA) is 0 Å². The first kappa shape index (κ1) is 56.8. The average Bonchev–Trinajstić information content (AvgIpc) is 4.24. The van der Waals surface area contributed by atoms with Crippen LogP contribution in [0.4, 0.5) is 0 Å². The van der Waals surface area contributed by atoms with Gasteiger partial charge in [-0.05, 0) is 0 Å². The smallest absolute Gasteiger partial charge is 1.00 e. The molecular formula is C66H78Cl2Hf2Si2. The van der Waals surface area contributed by atoms with Crippen LogP contribution in [0.25, 0.3) is 24.3 Å². The monoisotopic (exact) mass is 1360 g/mol. The van der Waals surface area contributed by atoms with Crippen molar-refractivity contribution < 1.29 is 66.0 Å². The second-order valence-electron chi connectivity index (χ2n) is 20.6. The van der Waals surface area contributed by atoms with Gasteiger partial charge in [-0.2, -0.15) is 0 Å². The predicted octanol–water partition coefficient (Wildman–Crippen LogP) is 11.1. The number of hydrogen-bond acceptors (Lipinski definition) is 0. The maximum Gasteiger partial charge on any atom is -1.00 e. The van der Waals surface area contributed by atoms with E-state index in [2.05, 4.69) is 220 Å². The van der Waals surface area contributed by atoms with Crippen molar-refractivity contribution >= 4 is 46.6 Å². The second kappa shape index (κ2) is 29.9. The van der Waals surface area contributed by atoms with Crippen LogP contribution in [0.3, 0.4) is 0 Å². The minimum atomic E-state index is -2.28.